The van der Waals surface area contributed by atoms with Crippen molar-refractivity contribution in [3.05, 3.63) is 46.2 Å². The molecule has 0 amide bonds. The number of alkyl halides is 3. The van der Waals surface area contributed by atoms with Crippen LogP contribution in [0.25, 0.3) is 10.9 Å². The number of pyridine rings is 1. The number of hydrogen-bond donors (Lipinski definition) is 1. The van der Waals surface area contributed by atoms with E-state index < -0.39 is 17.3 Å². The van der Waals surface area contributed by atoms with Gasteiger partial charge in [-0.15, -0.1) is 0 Å². The van der Waals surface area contributed by atoms with E-state index in [0.717, 1.165) is 22.9 Å². The van der Waals surface area contributed by atoms with Gasteiger partial charge in [-0.3, -0.25) is 4.79 Å². The Morgan fingerprint density at radius 1 is 1.12 bits per heavy atom. The number of nitrogens with two attached hydrogens (primary N) is 1. The Balaban J connectivity index is 2.75. The lowest BCUT2D eigenvalue weighted by Gasteiger charge is -2.09. The Kier molecular flexibility index (Phi) is 2.15. The molecule has 6 heteroatoms. The van der Waals surface area contributed by atoms with Crippen LogP contribution in [0.1, 0.15) is 5.56 Å². The van der Waals surface area contributed by atoms with Gasteiger partial charge in [0.25, 0.3) is 5.56 Å². The van der Waals surface area contributed by atoms with E-state index in [9.17, 15) is 18.0 Å². The van der Waals surface area contributed by atoms with E-state index in [1.807, 2.05) is 0 Å². The molecule has 0 unspecified atom stereocenters. The van der Waals surface area contributed by atoms with Crippen molar-refractivity contribution < 1.29 is 13.2 Å². The maximum absolute atomic E-state index is 12.4. The highest BCUT2D eigenvalue weighted by Crippen LogP contribution is 2.30. The van der Waals surface area contributed by atoms with E-state index in [1.165, 1.54) is 12.1 Å². The minimum Gasteiger partial charge on any atom is -0.336 e. The van der Waals surface area contributed by atoms with Gasteiger partial charge in [-0.25, -0.2) is 4.68 Å². The van der Waals surface area contributed by atoms with Crippen molar-refractivity contribution in [1.82, 2.24) is 4.68 Å². The second-order valence-electron chi connectivity index (χ2n) is 3.31. The molecule has 1 heterocycles. The standard InChI is InChI=1S/C10H7F3N2O/c11-10(12,13)7-2-3-8-6(5-7)1-4-9(16)15(8)14/h1-5H,14H2. The lowest BCUT2D eigenvalue weighted by molar-refractivity contribution is -0.137. The van der Waals surface area contributed by atoms with Gasteiger partial charge in [0.15, 0.2) is 0 Å². The summed E-state index contributed by atoms with van der Waals surface area (Å²) in [5, 5.41) is 0.275. The molecule has 2 rings (SSSR count). The number of nitrogen functional groups attached to an aromatic ring is 1. The molecule has 16 heavy (non-hydrogen) atoms. The Morgan fingerprint density at radius 2 is 1.81 bits per heavy atom. The van der Waals surface area contributed by atoms with Crippen LogP contribution >= 0.6 is 0 Å². The van der Waals surface area contributed by atoms with Crippen LogP contribution < -0.4 is 11.4 Å². The van der Waals surface area contributed by atoms with Crippen molar-refractivity contribution in [2.45, 2.75) is 6.18 Å². The van der Waals surface area contributed by atoms with Crippen LogP contribution in [0.5, 0.6) is 0 Å². The monoisotopic (exact) mass is 228 g/mol. The topological polar surface area (TPSA) is 48.0 Å². The summed E-state index contributed by atoms with van der Waals surface area (Å²) in [7, 11) is 0. The normalized spacial score (nSPS) is 11.9. The Labute approximate surface area is 87.9 Å². The first-order valence-corrected chi connectivity index (χ1v) is 4.38. The van der Waals surface area contributed by atoms with Gasteiger partial charge in [0.2, 0.25) is 0 Å². The van der Waals surface area contributed by atoms with Gasteiger partial charge < -0.3 is 5.84 Å². The summed E-state index contributed by atoms with van der Waals surface area (Å²) in [6.07, 6.45) is -4.40. The Morgan fingerprint density at radius 3 is 2.44 bits per heavy atom. The smallest absolute Gasteiger partial charge is 0.336 e. The number of fused-ring (bicyclic) bond motifs is 1. The Bertz CT molecular complexity index is 601. The SMILES string of the molecule is Nn1c(=O)ccc2cc(C(F)(F)F)ccc21. The molecule has 2 aromatic rings. The number of rotatable bonds is 0. The van der Waals surface area contributed by atoms with Crippen molar-refractivity contribution in [3.63, 3.8) is 0 Å². The van der Waals surface area contributed by atoms with Gasteiger partial charge >= 0.3 is 6.18 Å². The van der Waals surface area contributed by atoms with Crippen LogP contribution in [-0.2, 0) is 6.18 Å². The summed E-state index contributed by atoms with van der Waals surface area (Å²) in [6.45, 7) is 0. The number of aromatic nitrogens is 1. The fraction of sp³-hybridized carbons (Fsp3) is 0.100. The third-order valence-electron chi connectivity index (χ3n) is 2.26. The average molecular weight is 228 g/mol. The van der Waals surface area contributed by atoms with Crippen LogP contribution in [0.4, 0.5) is 13.2 Å². The molecule has 0 aliphatic rings. The number of halogens is 3. The highest BCUT2D eigenvalue weighted by molar-refractivity contribution is 5.79. The van der Waals surface area contributed by atoms with E-state index in [0.29, 0.717) is 0 Å². The quantitative estimate of drug-likeness (QED) is 0.698. The third-order valence-corrected chi connectivity index (χ3v) is 2.26. The molecule has 1 aromatic heterocycles. The fourth-order valence-corrected chi connectivity index (χ4v) is 1.44. The predicted molar refractivity (Wildman–Crippen MR) is 53.4 cm³/mol. The number of benzene rings is 1. The van der Waals surface area contributed by atoms with Crippen LogP contribution in [0.3, 0.4) is 0 Å². The van der Waals surface area contributed by atoms with Gasteiger partial charge in [-0.1, -0.05) is 0 Å². The molecule has 0 saturated carbocycles. The highest BCUT2D eigenvalue weighted by atomic mass is 19.4. The van der Waals surface area contributed by atoms with E-state index in [2.05, 4.69) is 0 Å². The second kappa shape index (κ2) is 3.26. The first kappa shape index (κ1) is 10.5. The molecular formula is C10H7F3N2O. The van der Waals surface area contributed by atoms with E-state index >= 15 is 0 Å². The zero-order valence-corrected chi connectivity index (χ0v) is 7.95. The largest absolute Gasteiger partial charge is 0.416 e. The number of nitrogens with zero attached hydrogens (tertiary/aromatic N) is 1. The summed E-state index contributed by atoms with van der Waals surface area (Å²) in [4.78, 5) is 11.1. The van der Waals surface area contributed by atoms with Crippen LogP contribution in [0, 0.1) is 0 Å². The van der Waals surface area contributed by atoms with Crippen LogP contribution in [0.2, 0.25) is 0 Å². The van der Waals surface area contributed by atoms with Gasteiger partial charge in [0.05, 0.1) is 11.1 Å². The summed E-state index contributed by atoms with van der Waals surface area (Å²) < 4.78 is 38.0. The zero-order chi connectivity index (χ0) is 11.9. The molecule has 84 valence electrons. The molecule has 0 saturated heterocycles. The maximum Gasteiger partial charge on any atom is 0.416 e. The van der Waals surface area contributed by atoms with E-state index in [1.54, 1.807) is 0 Å². The molecule has 0 spiro atoms. The van der Waals surface area contributed by atoms with Crippen LogP contribution in [-0.4, -0.2) is 4.68 Å². The highest BCUT2D eigenvalue weighted by Gasteiger charge is 2.30. The average Bonchev–Trinajstić information content (AvgIpc) is 2.22. The summed E-state index contributed by atoms with van der Waals surface area (Å²) in [5.41, 5.74) is -0.966. The predicted octanol–water partition coefficient (Wildman–Crippen LogP) is 1.73. The second-order valence-corrected chi connectivity index (χ2v) is 3.31. The van der Waals surface area contributed by atoms with Crippen LogP contribution in [0.15, 0.2) is 35.1 Å². The molecule has 0 radical (unpaired) electrons. The number of hydrogen-bond acceptors (Lipinski definition) is 2. The lowest BCUT2D eigenvalue weighted by atomic mass is 10.1. The first-order chi connectivity index (χ1) is 7.39. The molecule has 3 nitrogen and oxygen atoms in total. The zero-order valence-electron chi connectivity index (χ0n) is 7.95. The van der Waals surface area contributed by atoms with Crippen molar-refractivity contribution in [3.8, 4) is 0 Å². The molecule has 0 fully saturated rings. The third kappa shape index (κ3) is 1.62. The van der Waals surface area contributed by atoms with Gasteiger partial charge in [0, 0.05) is 11.5 Å². The van der Waals surface area contributed by atoms with E-state index in [-0.39, 0.29) is 10.9 Å². The van der Waals surface area contributed by atoms with Crippen molar-refractivity contribution in [2.75, 3.05) is 5.84 Å². The van der Waals surface area contributed by atoms with E-state index in [4.69, 9.17) is 5.84 Å². The maximum atomic E-state index is 12.4. The molecule has 1 aromatic carbocycles. The summed E-state index contributed by atoms with van der Waals surface area (Å²) in [6, 6.07) is 5.47. The van der Waals surface area contributed by atoms with Crippen molar-refractivity contribution >= 4 is 10.9 Å². The summed E-state index contributed by atoms with van der Waals surface area (Å²) >= 11 is 0. The molecule has 0 atom stereocenters. The fourth-order valence-electron chi connectivity index (χ4n) is 1.44. The molecular weight excluding hydrogens is 221 g/mol. The minimum atomic E-state index is -4.40. The Hall–Kier alpha value is -1.98. The lowest BCUT2D eigenvalue weighted by Crippen LogP contribution is -2.26. The molecule has 2 N–H and O–H groups in total. The minimum absolute atomic E-state index is 0.264. The molecule has 0 aliphatic heterocycles. The van der Waals surface area contributed by atoms with Gasteiger partial charge in [0.1, 0.15) is 0 Å². The molecule has 0 bridgehead atoms. The van der Waals surface area contributed by atoms with Crippen molar-refractivity contribution in [2.24, 2.45) is 0 Å². The summed E-state index contributed by atoms with van der Waals surface area (Å²) in [5.74, 6) is 5.40. The van der Waals surface area contributed by atoms with Crippen molar-refractivity contribution in [1.29, 1.82) is 0 Å². The first-order valence-electron chi connectivity index (χ1n) is 4.38. The van der Waals surface area contributed by atoms with Gasteiger partial charge in [-0.2, -0.15) is 13.2 Å². The molecule has 0 aliphatic carbocycles. The van der Waals surface area contributed by atoms with Gasteiger partial charge in [-0.05, 0) is 24.3 Å².